The molecule has 0 saturated heterocycles. The number of carbonyl (C=O) groups excluding carboxylic acids is 2. The van der Waals surface area contributed by atoms with Crippen molar-refractivity contribution in [1.82, 2.24) is 15.3 Å². The average Bonchev–Trinajstić information content (AvgIpc) is 2.95. The topological polar surface area (TPSA) is 121 Å². The van der Waals surface area contributed by atoms with Crippen LogP contribution in [0, 0.1) is 12.7 Å². The first kappa shape index (κ1) is 29.6. The van der Waals surface area contributed by atoms with E-state index in [0.29, 0.717) is 22.6 Å². The van der Waals surface area contributed by atoms with Crippen LogP contribution in [0.3, 0.4) is 0 Å². The number of amides is 3. The second-order valence-corrected chi connectivity index (χ2v) is 8.86. The van der Waals surface area contributed by atoms with Crippen molar-refractivity contribution < 1.29 is 31.9 Å². The lowest BCUT2D eigenvalue weighted by Crippen LogP contribution is -2.20. The van der Waals surface area contributed by atoms with Crippen LogP contribution in [0.25, 0.3) is 0 Å². The Morgan fingerprint density at radius 1 is 0.905 bits per heavy atom. The summed E-state index contributed by atoms with van der Waals surface area (Å²) in [6, 6.07) is 15.6. The van der Waals surface area contributed by atoms with E-state index < -0.39 is 24.0 Å². The maximum Gasteiger partial charge on any atom is 0.573 e. The molecule has 42 heavy (non-hydrogen) atoms. The molecule has 4 aromatic rings. The molecule has 0 aliphatic rings. The van der Waals surface area contributed by atoms with Crippen LogP contribution >= 0.6 is 0 Å². The Morgan fingerprint density at radius 3 is 2.10 bits per heavy atom. The fourth-order valence-corrected chi connectivity index (χ4v) is 3.79. The van der Waals surface area contributed by atoms with E-state index in [1.165, 1.54) is 24.1 Å². The zero-order valence-electron chi connectivity index (χ0n) is 22.5. The SMILES string of the molecule is CNC(=O)c1cc(Nc2ncc(F)c(N(C)c3ccc(NC(=O)Nc4ccc(OC(F)(F)F)cc4)cc3)n2)ccc1C. The number of halogens is 4. The van der Waals surface area contributed by atoms with Crippen molar-refractivity contribution >= 4 is 46.5 Å². The van der Waals surface area contributed by atoms with Gasteiger partial charge in [-0.2, -0.15) is 4.98 Å². The third-order valence-electron chi connectivity index (χ3n) is 5.87. The number of aromatic nitrogens is 2. The average molecular weight is 584 g/mol. The van der Waals surface area contributed by atoms with E-state index >= 15 is 0 Å². The summed E-state index contributed by atoms with van der Waals surface area (Å²) in [7, 11) is 3.14. The number of hydrogen-bond acceptors (Lipinski definition) is 7. The summed E-state index contributed by atoms with van der Waals surface area (Å²) < 4.78 is 55.4. The summed E-state index contributed by atoms with van der Waals surface area (Å²) in [4.78, 5) is 34.2. The summed E-state index contributed by atoms with van der Waals surface area (Å²) in [6.07, 6.45) is -3.79. The van der Waals surface area contributed by atoms with Gasteiger partial charge in [0.25, 0.3) is 5.91 Å². The van der Waals surface area contributed by atoms with Crippen LogP contribution in [0.5, 0.6) is 5.75 Å². The number of hydrogen-bond donors (Lipinski definition) is 4. The molecule has 0 radical (unpaired) electrons. The molecule has 3 aromatic carbocycles. The lowest BCUT2D eigenvalue weighted by atomic mass is 10.1. The molecular weight excluding hydrogens is 558 g/mol. The maximum absolute atomic E-state index is 14.7. The summed E-state index contributed by atoms with van der Waals surface area (Å²) >= 11 is 0. The van der Waals surface area contributed by atoms with Crippen molar-refractivity contribution in [2.24, 2.45) is 0 Å². The van der Waals surface area contributed by atoms with Crippen LogP contribution in [-0.4, -0.2) is 42.4 Å². The van der Waals surface area contributed by atoms with Gasteiger partial charge in [0.15, 0.2) is 11.6 Å². The minimum absolute atomic E-state index is 0.0254. The predicted molar refractivity (Wildman–Crippen MR) is 150 cm³/mol. The van der Waals surface area contributed by atoms with Crippen LogP contribution < -0.4 is 30.9 Å². The first-order valence-electron chi connectivity index (χ1n) is 12.3. The highest BCUT2D eigenvalue weighted by molar-refractivity contribution is 6.00. The smallest absolute Gasteiger partial charge is 0.406 e. The van der Waals surface area contributed by atoms with Crippen LogP contribution in [0.2, 0.25) is 0 Å². The Kier molecular flexibility index (Phi) is 8.74. The van der Waals surface area contributed by atoms with Crippen LogP contribution in [0.15, 0.2) is 72.9 Å². The highest BCUT2D eigenvalue weighted by Gasteiger charge is 2.31. The van der Waals surface area contributed by atoms with E-state index in [-0.39, 0.29) is 23.4 Å². The van der Waals surface area contributed by atoms with Crippen LogP contribution in [-0.2, 0) is 0 Å². The fourth-order valence-electron chi connectivity index (χ4n) is 3.79. The first-order valence-corrected chi connectivity index (χ1v) is 12.3. The van der Waals surface area contributed by atoms with Gasteiger partial charge in [-0.15, -0.1) is 13.2 Å². The van der Waals surface area contributed by atoms with Gasteiger partial charge < -0.3 is 30.9 Å². The molecule has 0 fully saturated rings. The van der Waals surface area contributed by atoms with Gasteiger partial charge in [0.05, 0.1) is 6.20 Å². The number of benzene rings is 3. The number of urea groups is 1. The molecule has 4 rings (SSSR count). The van der Waals surface area contributed by atoms with Crippen LogP contribution in [0.1, 0.15) is 15.9 Å². The number of nitrogens with one attached hydrogen (secondary N) is 4. The number of carbonyl (C=O) groups is 2. The molecule has 0 aliphatic carbocycles. The molecule has 218 valence electrons. The second kappa shape index (κ2) is 12.4. The van der Waals surface area contributed by atoms with Crippen molar-refractivity contribution in [2.75, 3.05) is 34.9 Å². The molecule has 14 heteroatoms. The van der Waals surface area contributed by atoms with E-state index in [2.05, 4.69) is 36.0 Å². The largest absolute Gasteiger partial charge is 0.573 e. The first-order chi connectivity index (χ1) is 19.9. The zero-order valence-corrected chi connectivity index (χ0v) is 22.5. The molecule has 0 aliphatic heterocycles. The lowest BCUT2D eigenvalue weighted by Gasteiger charge is -2.20. The normalized spacial score (nSPS) is 10.9. The fraction of sp³-hybridized carbons (Fsp3) is 0.143. The zero-order chi connectivity index (χ0) is 30.4. The summed E-state index contributed by atoms with van der Waals surface area (Å²) in [6.45, 7) is 1.81. The second-order valence-electron chi connectivity index (χ2n) is 8.86. The Hall–Kier alpha value is -5.40. The van der Waals surface area contributed by atoms with E-state index in [0.717, 1.165) is 23.9 Å². The molecule has 1 heterocycles. The molecule has 0 saturated carbocycles. The molecular formula is C28H25F4N7O3. The minimum atomic E-state index is -4.81. The number of aryl methyl sites for hydroxylation is 1. The third-order valence-corrected chi connectivity index (χ3v) is 5.87. The Labute approximate surface area is 237 Å². The summed E-state index contributed by atoms with van der Waals surface area (Å²) in [5.74, 6) is -1.26. The Morgan fingerprint density at radius 2 is 1.50 bits per heavy atom. The number of rotatable bonds is 8. The third kappa shape index (κ3) is 7.62. The molecule has 10 nitrogen and oxygen atoms in total. The standard InChI is InChI=1S/C28H25F4N7O3/c1-16-4-5-19(14-22(16)25(40)33-2)35-26-34-15-23(29)24(38-26)39(3)20-10-6-17(7-11-20)36-27(41)37-18-8-12-21(13-9-18)42-28(30,31)32/h4-15H,1-3H3,(H,33,40)(H,34,35,38)(H2,36,37,41). The van der Waals surface area contributed by atoms with Crippen molar-refractivity contribution in [3.63, 3.8) is 0 Å². The van der Waals surface area contributed by atoms with E-state index in [4.69, 9.17) is 0 Å². The van der Waals surface area contributed by atoms with Gasteiger partial charge in [-0.1, -0.05) is 6.07 Å². The number of alkyl halides is 3. The van der Waals surface area contributed by atoms with Gasteiger partial charge in [-0.05, 0) is 73.2 Å². The lowest BCUT2D eigenvalue weighted by molar-refractivity contribution is -0.274. The van der Waals surface area contributed by atoms with Gasteiger partial charge in [-0.3, -0.25) is 4.79 Å². The van der Waals surface area contributed by atoms with Crippen molar-refractivity contribution in [3.05, 3.63) is 89.9 Å². The van der Waals surface area contributed by atoms with Gasteiger partial charge in [0.1, 0.15) is 5.75 Å². The monoisotopic (exact) mass is 583 g/mol. The van der Waals surface area contributed by atoms with Crippen molar-refractivity contribution in [2.45, 2.75) is 13.3 Å². The highest BCUT2D eigenvalue weighted by Crippen LogP contribution is 2.28. The molecule has 0 unspecified atom stereocenters. The molecule has 3 amide bonds. The molecule has 4 N–H and O–H groups in total. The van der Waals surface area contributed by atoms with E-state index in [1.807, 2.05) is 6.92 Å². The summed E-state index contributed by atoms with van der Waals surface area (Å²) in [5, 5.41) is 10.7. The van der Waals surface area contributed by atoms with Gasteiger partial charge >= 0.3 is 12.4 Å². The summed E-state index contributed by atoms with van der Waals surface area (Å²) in [5.41, 5.74) is 2.99. The number of nitrogens with zero attached hydrogens (tertiary/aromatic N) is 3. The number of ether oxygens (including phenoxy) is 1. The predicted octanol–water partition coefficient (Wildman–Crippen LogP) is 6.34. The van der Waals surface area contributed by atoms with Gasteiger partial charge in [0, 0.05) is 42.4 Å². The Balaban J connectivity index is 1.40. The molecule has 1 aromatic heterocycles. The van der Waals surface area contributed by atoms with Crippen LogP contribution in [0.4, 0.5) is 56.9 Å². The highest BCUT2D eigenvalue weighted by atomic mass is 19.4. The quantitative estimate of drug-likeness (QED) is 0.179. The number of anilines is 6. The Bertz CT molecular complexity index is 1580. The maximum atomic E-state index is 14.7. The molecule has 0 spiro atoms. The van der Waals surface area contributed by atoms with Gasteiger partial charge in [-0.25, -0.2) is 14.2 Å². The van der Waals surface area contributed by atoms with Crippen molar-refractivity contribution in [1.29, 1.82) is 0 Å². The minimum Gasteiger partial charge on any atom is -0.406 e. The van der Waals surface area contributed by atoms with Crippen molar-refractivity contribution in [3.8, 4) is 5.75 Å². The molecule has 0 atom stereocenters. The van der Waals surface area contributed by atoms with E-state index in [9.17, 15) is 27.2 Å². The molecule has 0 bridgehead atoms. The van der Waals surface area contributed by atoms with Gasteiger partial charge in [0.2, 0.25) is 5.95 Å². The van der Waals surface area contributed by atoms with E-state index in [1.54, 1.807) is 49.5 Å².